The van der Waals surface area contributed by atoms with Gasteiger partial charge in [0.15, 0.2) is 0 Å². The number of rotatable bonds is 2. The number of likely N-dealkylation sites (tertiary alicyclic amines) is 1. The van der Waals surface area contributed by atoms with Crippen LogP contribution >= 0.6 is 24.8 Å². The van der Waals surface area contributed by atoms with Gasteiger partial charge < -0.3 is 15.0 Å². The molecule has 0 saturated carbocycles. The van der Waals surface area contributed by atoms with E-state index in [1.54, 1.807) is 0 Å². The van der Waals surface area contributed by atoms with Crippen LogP contribution in [-0.2, 0) is 4.74 Å². The van der Waals surface area contributed by atoms with E-state index in [9.17, 15) is 0 Å². The summed E-state index contributed by atoms with van der Waals surface area (Å²) >= 11 is 0. The number of morpholine rings is 1. The minimum absolute atomic E-state index is 0. The Morgan fingerprint density at radius 1 is 1.13 bits per heavy atom. The number of ether oxygens (including phenoxy) is 1. The molecule has 15 heavy (non-hydrogen) atoms. The summed E-state index contributed by atoms with van der Waals surface area (Å²) in [6.07, 6.45) is 4.60. The largest absolute Gasteiger partial charge is 0.374 e. The maximum Gasteiger partial charge on any atom is 0.0826 e. The molecule has 1 unspecified atom stereocenters. The third kappa shape index (κ3) is 5.36. The highest BCUT2D eigenvalue weighted by molar-refractivity contribution is 5.85. The second kappa shape index (κ2) is 8.59. The lowest BCUT2D eigenvalue weighted by molar-refractivity contribution is 0.00234. The lowest BCUT2D eigenvalue weighted by Gasteiger charge is -2.32. The van der Waals surface area contributed by atoms with Crippen LogP contribution in [0.25, 0.3) is 0 Å². The van der Waals surface area contributed by atoms with Gasteiger partial charge in [0.05, 0.1) is 12.7 Å². The molecule has 0 spiro atoms. The highest BCUT2D eigenvalue weighted by atomic mass is 35.5. The molecule has 1 N–H and O–H groups in total. The SMILES string of the molecule is C1CCN(CC2CNCCO2)CC1.Cl.Cl. The van der Waals surface area contributed by atoms with E-state index in [1.165, 1.54) is 32.4 Å². The first kappa shape index (κ1) is 15.5. The number of nitrogens with zero attached hydrogens (tertiary/aromatic N) is 1. The Labute approximate surface area is 105 Å². The molecule has 0 radical (unpaired) electrons. The number of halogens is 2. The molecule has 0 amide bonds. The molecule has 2 aliphatic rings. The van der Waals surface area contributed by atoms with Crippen LogP contribution in [0.4, 0.5) is 0 Å². The van der Waals surface area contributed by atoms with Gasteiger partial charge in [-0.25, -0.2) is 0 Å². The van der Waals surface area contributed by atoms with Gasteiger partial charge in [0, 0.05) is 19.6 Å². The van der Waals surface area contributed by atoms with Crippen molar-refractivity contribution in [3.8, 4) is 0 Å². The van der Waals surface area contributed by atoms with Gasteiger partial charge in [-0.2, -0.15) is 0 Å². The smallest absolute Gasteiger partial charge is 0.0826 e. The molecule has 0 aromatic carbocycles. The lowest BCUT2D eigenvalue weighted by atomic mass is 10.1. The Kier molecular flexibility index (Phi) is 8.86. The van der Waals surface area contributed by atoms with Gasteiger partial charge in [-0.3, -0.25) is 0 Å². The van der Waals surface area contributed by atoms with Crippen LogP contribution in [-0.4, -0.2) is 50.3 Å². The average molecular weight is 257 g/mol. The highest BCUT2D eigenvalue weighted by Crippen LogP contribution is 2.10. The van der Waals surface area contributed by atoms with Gasteiger partial charge >= 0.3 is 0 Å². The summed E-state index contributed by atoms with van der Waals surface area (Å²) in [5.74, 6) is 0. The molecule has 2 aliphatic heterocycles. The van der Waals surface area contributed by atoms with Crippen LogP contribution < -0.4 is 5.32 Å². The highest BCUT2D eigenvalue weighted by Gasteiger charge is 2.18. The molecule has 0 bridgehead atoms. The molecule has 0 aromatic heterocycles. The van der Waals surface area contributed by atoms with Crippen molar-refractivity contribution in [2.45, 2.75) is 25.4 Å². The normalized spacial score (nSPS) is 27.6. The van der Waals surface area contributed by atoms with Crippen molar-refractivity contribution in [3.63, 3.8) is 0 Å². The third-order valence-electron chi connectivity index (χ3n) is 2.91. The predicted octanol–water partition coefficient (Wildman–Crippen LogP) is 1.30. The summed E-state index contributed by atoms with van der Waals surface area (Å²) in [4.78, 5) is 2.54. The Hall–Kier alpha value is 0.460. The van der Waals surface area contributed by atoms with Crippen LogP contribution in [0, 0.1) is 0 Å². The van der Waals surface area contributed by atoms with Gasteiger partial charge in [-0.05, 0) is 25.9 Å². The first-order valence-electron chi connectivity index (χ1n) is 5.50. The van der Waals surface area contributed by atoms with Gasteiger partial charge in [0.2, 0.25) is 0 Å². The van der Waals surface area contributed by atoms with Crippen LogP contribution in [0.15, 0.2) is 0 Å². The number of hydrogen-bond acceptors (Lipinski definition) is 3. The Morgan fingerprint density at radius 3 is 2.47 bits per heavy atom. The fourth-order valence-corrected chi connectivity index (χ4v) is 2.17. The third-order valence-corrected chi connectivity index (χ3v) is 2.91. The summed E-state index contributed by atoms with van der Waals surface area (Å²) in [7, 11) is 0. The summed E-state index contributed by atoms with van der Waals surface area (Å²) in [5.41, 5.74) is 0. The maximum absolute atomic E-state index is 5.68. The lowest BCUT2D eigenvalue weighted by Crippen LogP contribution is -2.46. The quantitative estimate of drug-likeness (QED) is 0.807. The summed E-state index contributed by atoms with van der Waals surface area (Å²) in [6, 6.07) is 0. The zero-order valence-electron chi connectivity index (χ0n) is 9.11. The number of nitrogens with one attached hydrogen (secondary N) is 1. The molecular formula is C10H22Cl2N2O. The summed E-state index contributed by atoms with van der Waals surface area (Å²) < 4.78 is 5.68. The van der Waals surface area contributed by atoms with E-state index in [4.69, 9.17) is 4.74 Å². The second-order valence-corrected chi connectivity index (χ2v) is 4.06. The van der Waals surface area contributed by atoms with E-state index in [-0.39, 0.29) is 24.8 Å². The molecule has 2 saturated heterocycles. The van der Waals surface area contributed by atoms with Crippen molar-refractivity contribution in [3.05, 3.63) is 0 Å². The van der Waals surface area contributed by atoms with Crippen molar-refractivity contribution in [2.75, 3.05) is 39.3 Å². The Bertz CT molecular complexity index is 132. The molecule has 2 rings (SSSR count). The monoisotopic (exact) mass is 256 g/mol. The first-order chi connectivity index (χ1) is 6.45. The molecule has 5 heteroatoms. The van der Waals surface area contributed by atoms with Crippen LogP contribution in [0.1, 0.15) is 19.3 Å². The number of piperidine rings is 1. The zero-order chi connectivity index (χ0) is 8.93. The van der Waals surface area contributed by atoms with Gasteiger partial charge in [0.1, 0.15) is 0 Å². The van der Waals surface area contributed by atoms with Gasteiger partial charge in [-0.1, -0.05) is 6.42 Å². The molecule has 0 aliphatic carbocycles. The molecule has 92 valence electrons. The topological polar surface area (TPSA) is 24.5 Å². The zero-order valence-corrected chi connectivity index (χ0v) is 10.7. The van der Waals surface area contributed by atoms with Crippen molar-refractivity contribution in [1.82, 2.24) is 10.2 Å². The molecule has 2 fully saturated rings. The molecule has 3 nitrogen and oxygen atoms in total. The maximum atomic E-state index is 5.68. The van der Waals surface area contributed by atoms with Crippen molar-refractivity contribution in [1.29, 1.82) is 0 Å². The Morgan fingerprint density at radius 2 is 1.87 bits per heavy atom. The van der Waals surface area contributed by atoms with Crippen LogP contribution in [0.2, 0.25) is 0 Å². The minimum atomic E-state index is 0. The second-order valence-electron chi connectivity index (χ2n) is 4.06. The fraction of sp³-hybridized carbons (Fsp3) is 1.00. The van der Waals surface area contributed by atoms with E-state index in [0.717, 1.165) is 26.2 Å². The average Bonchev–Trinajstić information content (AvgIpc) is 2.21. The standard InChI is InChI=1S/C10H20N2O.2ClH/c1-2-5-12(6-3-1)9-10-8-11-4-7-13-10;;/h10-11H,1-9H2;2*1H. The minimum Gasteiger partial charge on any atom is -0.374 e. The van der Waals surface area contributed by atoms with E-state index in [2.05, 4.69) is 10.2 Å². The van der Waals surface area contributed by atoms with Crippen molar-refractivity contribution in [2.24, 2.45) is 0 Å². The van der Waals surface area contributed by atoms with Crippen molar-refractivity contribution < 1.29 is 4.74 Å². The summed E-state index contributed by atoms with van der Waals surface area (Å²) in [5, 5.41) is 3.37. The van der Waals surface area contributed by atoms with Crippen molar-refractivity contribution >= 4 is 24.8 Å². The van der Waals surface area contributed by atoms with Gasteiger partial charge in [-0.15, -0.1) is 24.8 Å². The van der Waals surface area contributed by atoms with E-state index >= 15 is 0 Å². The summed E-state index contributed by atoms with van der Waals surface area (Å²) in [6.45, 7) is 6.64. The predicted molar refractivity (Wildman–Crippen MR) is 67.4 cm³/mol. The van der Waals surface area contributed by atoms with E-state index in [1.807, 2.05) is 0 Å². The number of hydrogen-bond donors (Lipinski definition) is 1. The first-order valence-corrected chi connectivity index (χ1v) is 5.50. The van der Waals surface area contributed by atoms with Gasteiger partial charge in [0.25, 0.3) is 0 Å². The van der Waals surface area contributed by atoms with E-state index < -0.39 is 0 Å². The Balaban J connectivity index is 0.000000980. The molecule has 2 heterocycles. The van der Waals surface area contributed by atoms with Crippen LogP contribution in [0.5, 0.6) is 0 Å². The van der Waals surface area contributed by atoms with Crippen LogP contribution in [0.3, 0.4) is 0 Å². The fourth-order valence-electron chi connectivity index (χ4n) is 2.17. The molecule has 1 atom stereocenters. The molecular weight excluding hydrogens is 235 g/mol. The van der Waals surface area contributed by atoms with E-state index in [0.29, 0.717) is 6.10 Å². The molecule has 0 aromatic rings.